The van der Waals surface area contributed by atoms with Crippen LogP contribution in [0.2, 0.25) is 0 Å². The summed E-state index contributed by atoms with van der Waals surface area (Å²) in [6.45, 7) is 16.4. The van der Waals surface area contributed by atoms with E-state index in [1.54, 1.807) is 0 Å². The molecule has 0 aromatic heterocycles. The summed E-state index contributed by atoms with van der Waals surface area (Å²) in [5.74, 6) is 0.954. The molecule has 2 N–H and O–H groups in total. The van der Waals surface area contributed by atoms with Crippen LogP contribution in [0.3, 0.4) is 0 Å². The number of hydrogen-bond acceptors (Lipinski definition) is 3. The van der Waals surface area contributed by atoms with E-state index in [0.717, 1.165) is 5.75 Å². The number of benzene rings is 1. The Labute approximate surface area is 160 Å². The number of aliphatic hydroxyl groups excluding tert-OH is 1. The van der Waals surface area contributed by atoms with Crippen LogP contribution < -0.4 is 10.1 Å². The minimum Gasteiger partial charge on any atom is -0.490 e. The van der Waals surface area contributed by atoms with Crippen molar-refractivity contribution in [2.75, 3.05) is 13.2 Å². The van der Waals surface area contributed by atoms with E-state index in [1.807, 2.05) is 0 Å². The van der Waals surface area contributed by atoms with Crippen LogP contribution in [-0.4, -0.2) is 30.4 Å². The Bertz CT molecular complexity index is 554. The zero-order valence-electron chi connectivity index (χ0n) is 17.9. The van der Waals surface area contributed by atoms with E-state index in [9.17, 15) is 5.11 Å². The molecule has 3 heteroatoms. The normalized spacial score (nSPS) is 17.5. The van der Waals surface area contributed by atoms with Gasteiger partial charge >= 0.3 is 0 Å². The molecule has 0 saturated heterocycles. The van der Waals surface area contributed by atoms with Crippen LogP contribution in [0.1, 0.15) is 83.9 Å². The minimum atomic E-state index is -0.488. The van der Waals surface area contributed by atoms with Gasteiger partial charge in [-0.05, 0) is 30.6 Å². The molecule has 1 saturated carbocycles. The van der Waals surface area contributed by atoms with Crippen LogP contribution in [0, 0.1) is 6.92 Å². The van der Waals surface area contributed by atoms with Crippen molar-refractivity contribution >= 4 is 0 Å². The van der Waals surface area contributed by atoms with Gasteiger partial charge in [0, 0.05) is 23.7 Å². The van der Waals surface area contributed by atoms with Crippen molar-refractivity contribution in [3.05, 3.63) is 28.8 Å². The van der Waals surface area contributed by atoms with Gasteiger partial charge in [0.2, 0.25) is 0 Å². The first-order chi connectivity index (χ1) is 12.0. The van der Waals surface area contributed by atoms with Gasteiger partial charge < -0.3 is 15.2 Å². The molecule has 0 spiro atoms. The Kier molecular flexibility index (Phi) is 6.79. The number of nitrogens with one attached hydrogen (secondary N) is 1. The van der Waals surface area contributed by atoms with E-state index in [2.05, 4.69) is 65.9 Å². The number of hydrogen-bond donors (Lipinski definition) is 2. The van der Waals surface area contributed by atoms with Crippen LogP contribution in [0.15, 0.2) is 12.1 Å². The lowest BCUT2D eigenvalue weighted by atomic mass is 9.78. The van der Waals surface area contributed by atoms with Gasteiger partial charge in [-0.2, -0.15) is 0 Å². The molecule has 1 aromatic carbocycles. The predicted molar refractivity (Wildman–Crippen MR) is 110 cm³/mol. The Hall–Kier alpha value is -1.06. The maximum Gasteiger partial charge on any atom is 0.126 e. The van der Waals surface area contributed by atoms with Crippen LogP contribution >= 0.6 is 0 Å². The van der Waals surface area contributed by atoms with Gasteiger partial charge in [-0.1, -0.05) is 72.1 Å². The molecule has 1 aromatic rings. The van der Waals surface area contributed by atoms with Gasteiger partial charge in [0.05, 0.1) is 0 Å². The molecule has 3 nitrogen and oxygen atoms in total. The van der Waals surface area contributed by atoms with Gasteiger partial charge in [0.25, 0.3) is 0 Å². The highest BCUT2D eigenvalue weighted by Crippen LogP contribution is 2.40. The molecule has 1 aliphatic rings. The fourth-order valence-electron chi connectivity index (χ4n) is 3.71. The summed E-state index contributed by atoms with van der Waals surface area (Å²) in [5, 5.41) is 13.9. The topological polar surface area (TPSA) is 41.5 Å². The maximum atomic E-state index is 10.4. The third kappa shape index (κ3) is 5.72. The number of ether oxygens (including phenoxy) is 1. The van der Waals surface area contributed by atoms with Crippen LogP contribution in [0.4, 0.5) is 0 Å². The molecular weight excluding hydrogens is 322 g/mol. The zero-order valence-corrected chi connectivity index (χ0v) is 17.9. The maximum absolute atomic E-state index is 10.4. The van der Waals surface area contributed by atoms with Crippen molar-refractivity contribution in [2.45, 2.75) is 97.1 Å². The Morgan fingerprint density at radius 1 is 1.04 bits per heavy atom. The van der Waals surface area contributed by atoms with Crippen molar-refractivity contribution < 1.29 is 9.84 Å². The highest BCUT2D eigenvalue weighted by molar-refractivity contribution is 5.50. The van der Waals surface area contributed by atoms with Crippen LogP contribution in [-0.2, 0) is 10.8 Å². The van der Waals surface area contributed by atoms with Crippen LogP contribution in [0.25, 0.3) is 0 Å². The Balaban J connectivity index is 2.15. The molecule has 2 rings (SSSR count). The first-order valence-electron chi connectivity index (χ1n) is 10.2. The summed E-state index contributed by atoms with van der Waals surface area (Å²) in [5.41, 5.74) is 3.69. The monoisotopic (exact) mass is 361 g/mol. The van der Waals surface area contributed by atoms with Gasteiger partial charge in [-0.25, -0.2) is 0 Å². The van der Waals surface area contributed by atoms with E-state index in [-0.39, 0.29) is 10.8 Å². The lowest BCUT2D eigenvalue weighted by Crippen LogP contribution is -2.37. The predicted octanol–water partition coefficient (Wildman–Crippen LogP) is 4.86. The summed E-state index contributed by atoms with van der Waals surface area (Å²) < 4.78 is 6.26. The van der Waals surface area contributed by atoms with Gasteiger partial charge in [0.1, 0.15) is 18.5 Å². The molecular formula is C23H39NO2. The van der Waals surface area contributed by atoms with E-state index in [0.29, 0.717) is 19.2 Å². The zero-order chi connectivity index (χ0) is 19.5. The summed E-state index contributed by atoms with van der Waals surface area (Å²) in [6.07, 6.45) is 4.58. The highest BCUT2D eigenvalue weighted by Gasteiger charge is 2.28. The average molecular weight is 362 g/mol. The number of aryl methyl sites for hydroxylation is 1. The van der Waals surface area contributed by atoms with E-state index >= 15 is 0 Å². The fraction of sp³-hybridized carbons (Fsp3) is 0.739. The van der Waals surface area contributed by atoms with E-state index in [1.165, 1.54) is 42.4 Å². The highest BCUT2D eigenvalue weighted by atomic mass is 16.5. The third-order valence-corrected chi connectivity index (χ3v) is 5.27. The second-order valence-corrected chi connectivity index (χ2v) is 10.0. The fourth-order valence-corrected chi connectivity index (χ4v) is 3.71. The molecule has 1 unspecified atom stereocenters. The second kappa shape index (κ2) is 8.31. The third-order valence-electron chi connectivity index (χ3n) is 5.27. The Morgan fingerprint density at radius 2 is 1.54 bits per heavy atom. The number of rotatable bonds is 6. The molecule has 148 valence electrons. The molecule has 1 fully saturated rings. The molecule has 0 bridgehead atoms. The van der Waals surface area contributed by atoms with Crippen molar-refractivity contribution in [3.8, 4) is 5.75 Å². The van der Waals surface area contributed by atoms with E-state index < -0.39 is 6.10 Å². The lowest BCUT2D eigenvalue weighted by molar-refractivity contribution is 0.101. The summed E-state index contributed by atoms with van der Waals surface area (Å²) in [4.78, 5) is 0. The van der Waals surface area contributed by atoms with E-state index in [4.69, 9.17) is 4.74 Å². The second-order valence-electron chi connectivity index (χ2n) is 10.0. The molecule has 1 aliphatic carbocycles. The largest absolute Gasteiger partial charge is 0.490 e. The quantitative estimate of drug-likeness (QED) is 0.760. The minimum absolute atomic E-state index is 0.00555. The summed E-state index contributed by atoms with van der Waals surface area (Å²) in [6, 6.07) is 5.03. The molecule has 0 aliphatic heterocycles. The van der Waals surface area contributed by atoms with Crippen molar-refractivity contribution in [3.63, 3.8) is 0 Å². The summed E-state index contributed by atoms with van der Waals surface area (Å²) >= 11 is 0. The summed E-state index contributed by atoms with van der Waals surface area (Å²) in [7, 11) is 0. The van der Waals surface area contributed by atoms with Crippen molar-refractivity contribution in [1.82, 2.24) is 5.32 Å². The molecule has 0 heterocycles. The Morgan fingerprint density at radius 3 is 2.00 bits per heavy atom. The SMILES string of the molecule is Cc1cc(C(C)(C)C)c(OCC(O)CNC2CCCC2)c(C(C)(C)C)c1. The lowest BCUT2D eigenvalue weighted by Gasteiger charge is -2.31. The number of aliphatic hydroxyl groups is 1. The van der Waals surface area contributed by atoms with Gasteiger partial charge in [0.15, 0.2) is 0 Å². The first kappa shape index (κ1) is 21.2. The molecule has 1 atom stereocenters. The van der Waals surface area contributed by atoms with Gasteiger partial charge in [-0.3, -0.25) is 0 Å². The van der Waals surface area contributed by atoms with Crippen molar-refractivity contribution in [2.24, 2.45) is 0 Å². The molecule has 0 radical (unpaired) electrons. The molecule has 26 heavy (non-hydrogen) atoms. The molecule has 0 amide bonds. The first-order valence-corrected chi connectivity index (χ1v) is 10.2. The smallest absolute Gasteiger partial charge is 0.126 e. The standard InChI is InChI=1S/C23H39NO2/c1-16-12-19(22(2,3)4)21(20(13-16)23(5,6)7)26-15-18(25)14-24-17-10-8-9-11-17/h12-13,17-18,24-25H,8-11,14-15H2,1-7H3. The van der Waals surface area contributed by atoms with Crippen molar-refractivity contribution in [1.29, 1.82) is 0 Å². The van der Waals surface area contributed by atoms with Crippen LogP contribution in [0.5, 0.6) is 5.75 Å². The average Bonchev–Trinajstić information content (AvgIpc) is 3.02. The van der Waals surface area contributed by atoms with Gasteiger partial charge in [-0.15, -0.1) is 0 Å².